The molecular weight excluding hydrogens is 477 g/mol. The van der Waals surface area contributed by atoms with E-state index < -0.39 is 19.1 Å². The Hall–Kier alpha value is -3.52. The number of nitrogen functional groups attached to an aromatic ring is 2. The summed E-state index contributed by atoms with van der Waals surface area (Å²) in [6, 6.07) is 5.11. The van der Waals surface area contributed by atoms with Crippen LogP contribution in [0.15, 0.2) is 24.4 Å². The highest BCUT2D eigenvalue weighted by atomic mass is 19.3. The van der Waals surface area contributed by atoms with Crippen LogP contribution in [0.2, 0.25) is 0 Å². The van der Waals surface area contributed by atoms with Gasteiger partial charge < -0.3 is 16.2 Å². The van der Waals surface area contributed by atoms with Crippen LogP contribution in [0.5, 0.6) is 0 Å². The molecule has 14 heteroatoms. The molecule has 4 aromatic heterocycles. The topological polar surface area (TPSA) is 138 Å². The van der Waals surface area contributed by atoms with Crippen molar-refractivity contribution in [3.8, 4) is 11.3 Å². The number of aromatic nitrogens is 7. The average molecular weight is 505 g/mol. The smallest absolute Gasteiger partial charge is 0.258 e. The van der Waals surface area contributed by atoms with Crippen LogP contribution in [-0.2, 0) is 11.3 Å². The third-order valence-corrected chi connectivity index (χ3v) is 6.45. The first-order valence-corrected chi connectivity index (χ1v) is 11.6. The van der Waals surface area contributed by atoms with E-state index >= 15 is 0 Å². The van der Waals surface area contributed by atoms with Gasteiger partial charge in [0.05, 0.1) is 24.4 Å². The first kappa shape index (κ1) is 24.2. The van der Waals surface area contributed by atoms with Gasteiger partial charge >= 0.3 is 0 Å². The second-order valence-corrected chi connectivity index (χ2v) is 9.25. The molecule has 36 heavy (non-hydrogen) atoms. The molecule has 2 saturated heterocycles. The van der Waals surface area contributed by atoms with E-state index in [1.165, 1.54) is 4.52 Å². The molecule has 6 rings (SSSR count). The average Bonchev–Trinajstić information content (AvgIpc) is 3.41. The molecule has 2 aliphatic heterocycles. The monoisotopic (exact) mass is 504 g/mol. The number of likely N-dealkylation sites (tertiary alicyclic amines) is 1. The zero-order valence-corrected chi connectivity index (χ0v) is 19.7. The summed E-state index contributed by atoms with van der Waals surface area (Å²) in [4.78, 5) is 10.6. The van der Waals surface area contributed by atoms with Crippen LogP contribution >= 0.6 is 0 Å². The maximum atomic E-state index is 13.0. The number of pyridine rings is 1. The summed E-state index contributed by atoms with van der Waals surface area (Å²) in [5, 5.41) is 11.6. The zero-order valence-electron chi connectivity index (χ0n) is 19.7. The van der Waals surface area contributed by atoms with Crippen LogP contribution in [0, 0.1) is 0 Å². The van der Waals surface area contributed by atoms with E-state index in [4.69, 9.17) is 16.2 Å². The largest absolute Gasteiger partial charge is 0.382 e. The van der Waals surface area contributed by atoms with E-state index in [9.17, 15) is 13.2 Å². The molecule has 1 atom stereocenters. The standard InChI is InChI=1S/C13H11F2N9.C9H16FNO/c14-9(15)5-24-12-8(20-22-24)2-1-7(18-12)6-3-4-23-10(6)11(16)19-13(17)21-23;1-9(6-12-7-9)11-4-2-3-8(10)5-11/h1-4,9H,5H2,(H4,16,17,19,21);8H,2-7H2,1H3/t;8-/m.1/s1. The normalized spacial score (nSPS) is 19.9. The predicted molar refractivity (Wildman–Crippen MR) is 127 cm³/mol. The summed E-state index contributed by atoms with van der Waals surface area (Å²) in [5.41, 5.74) is 14.0. The van der Waals surface area contributed by atoms with Gasteiger partial charge in [-0.3, -0.25) is 4.90 Å². The third-order valence-electron chi connectivity index (χ3n) is 6.45. The Morgan fingerprint density at radius 2 is 2.00 bits per heavy atom. The van der Waals surface area contributed by atoms with Crippen molar-refractivity contribution in [2.24, 2.45) is 0 Å². The molecule has 11 nitrogen and oxygen atoms in total. The lowest BCUT2D eigenvalue weighted by atomic mass is 9.94. The molecule has 0 saturated carbocycles. The molecule has 2 fully saturated rings. The van der Waals surface area contributed by atoms with E-state index in [1.807, 2.05) is 0 Å². The van der Waals surface area contributed by atoms with Crippen LogP contribution in [-0.4, -0.2) is 83.9 Å². The lowest BCUT2D eigenvalue weighted by molar-refractivity contribution is -0.141. The first-order chi connectivity index (χ1) is 17.2. The number of alkyl halides is 3. The lowest BCUT2D eigenvalue weighted by Crippen LogP contribution is -2.62. The number of hydrogen-bond acceptors (Lipinski definition) is 9. The fourth-order valence-corrected chi connectivity index (χ4v) is 4.53. The lowest BCUT2D eigenvalue weighted by Gasteiger charge is -2.49. The zero-order chi connectivity index (χ0) is 25.4. The van der Waals surface area contributed by atoms with Crippen molar-refractivity contribution in [3.05, 3.63) is 24.4 Å². The molecule has 0 radical (unpaired) electrons. The molecule has 6 heterocycles. The Balaban J connectivity index is 0.000000186. The number of nitrogens with two attached hydrogens (primary N) is 2. The van der Waals surface area contributed by atoms with Crippen molar-refractivity contribution in [3.63, 3.8) is 0 Å². The molecule has 0 unspecified atom stereocenters. The second kappa shape index (κ2) is 9.50. The van der Waals surface area contributed by atoms with Gasteiger partial charge in [-0.15, -0.1) is 10.2 Å². The van der Waals surface area contributed by atoms with Crippen molar-refractivity contribution < 1.29 is 17.9 Å². The number of rotatable bonds is 4. The van der Waals surface area contributed by atoms with E-state index in [1.54, 1.807) is 24.4 Å². The van der Waals surface area contributed by atoms with Gasteiger partial charge in [-0.05, 0) is 44.5 Å². The van der Waals surface area contributed by atoms with E-state index in [-0.39, 0.29) is 23.0 Å². The minimum atomic E-state index is -2.55. The van der Waals surface area contributed by atoms with Crippen LogP contribution in [0.25, 0.3) is 27.9 Å². The van der Waals surface area contributed by atoms with Crippen molar-refractivity contribution in [2.45, 2.75) is 44.4 Å². The molecule has 192 valence electrons. The molecule has 0 aliphatic carbocycles. The number of anilines is 2. The number of nitrogens with zero attached hydrogens (tertiary/aromatic N) is 8. The first-order valence-electron chi connectivity index (χ1n) is 11.6. The van der Waals surface area contributed by atoms with Gasteiger partial charge in [-0.2, -0.15) is 4.98 Å². The van der Waals surface area contributed by atoms with Crippen molar-refractivity contribution >= 4 is 28.4 Å². The molecule has 0 amide bonds. The quantitative estimate of drug-likeness (QED) is 0.428. The Morgan fingerprint density at radius 3 is 2.69 bits per heavy atom. The van der Waals surface area contributed by atoms with Crippen molar-refractivity contribution in [1.29, 1.82) is 0 Å². The van der Waals surface area contributed by atoms with Gasteiger partial charge in [0.1, 0.15) is 23.7 Å². The Morgan fingerprint density at radius 1 is 1.19 bits per heavy atom. The minimum absolute atomic E-state index is 0.0461. The summed E-state index contributed by atoms with van der Waals surface area (Å²) in [6.07, 6.45) is 0.239. The SMILES string of the molecule is CC1(N2CCC[C@@H](F)C2)COC1.Nc1nc(N)c2c(-c3ccc4nnn(CC(F)F)c4n3)ccn2n1. The van der Waals surface area contributed by atoms with Gasteiger partial charge in [0, 0.05) is 18.3 Å². The molecular formula is C22H27F3N10O. The fourth-order valence-electron chi connectivity index (χ4n) is 4.53. The molecule has 0 bridgehead atoms. The van der Waals surface area contributed by atoms with Gasteiger partial charge in [0.25, 0.3) is 6.43 Å². The number of halogens is 3. The number of fused-ring (bicyclic) bond motifs is 2. The number of hydrogen-bond donors (Lipinski definition) is 2. The van der Waals surface area contributed by atoms with E-state index in [0.29, 0.717) is 28.8 Å². The summed E-state index contributed by atoms with van der Waals surface area (Å²) >= 11 is 0. The summed E-state index contributed by atoms with van der Waals surface area (Å²) in [7, 11) is 0. The number of piperidine rings is 1. The molecule has 0 spiro atoms. The maximum Gasteiger partial charge on any atom is 0.258 e. The highest BCUT2D eigenvalue weighted by molar-refractivity contribution is 5.88. The molecule has 4 N–H and O–H groups in total. The van der Waals surface area contributed by atoms with E-state index in [2.05, 4.69) is 37.2 Å². The van der Waals surface area contributed by atoms with Crippen molar-refractivity contribution in [2.75, 3.05) is 37.8 Å². The minimum Gasteiger partial charge on any atom is -0.382 e. The van der Waals surface area contributed by atoms with Crippen molar-refractivity contribution in [1.82, 2.24) is 39.5 Å². The molecule has 2 aliphatic rings. The van der Waals surface area contributed by atoms with Crippen LogP contribution in [0.3, 0.4) is 0 Å². The predicted octanol–water partition coefficient (Wildman–Crippen LogP) is 2.17. The Kier molecular flexibility index (Phi) is 6.38. The van der Waals surface area contributed by atoms with Gasteiger partial charge in [-0.25, -0.2) is 27.4 Å². The highest BCUT2D eigenvalue weighted by Crippen LogP contribution is 2.29. The molecule has 4 aromatic rings. The summed E-state index contributed by atoms with van der Waals surface area (Å²) in [5.74, 6) is 0.244. The Labute approximate surface area is 204 Å². The summed E-state index contributed by atoms with van der Waals surface area (Å²) in [6.45, 7) is 4.79. The van der Waals surface area contributed by atoms with Gasteiger partial charge in [-0.1, -0.05) is 5.21 Å². The summed E-state index contributed by atoms with van der Waals surface area (Å²) < 4.78 is 46.0. The maximum absolute atomic E-state index is 13.0. The van der Waals surface area contributed by atoms with Crippen LogP contribution < -0.4 is 11.5 Å². The highest BCUT2D eigenvalue weighted by Gasteiger charge is 2.41. The fraction of sp³-hybridized carbons (Fsp3) is 0.500. The number of ether oxygens (including phenoxy) is 1. The molecule has 0 aromatic carbocycles. The van der Waals surface area contributed by atoms with E-state index in [0.717, 1.165) is 37.3 Å². The van der Waals surface area contributed by atoms with Gasteiger partial charge in [0.2, 0.25) is 5.95 Å². The van der Waals surface area contributed by atoms with Crippen LogP contribution in [0.1, 0.15) is 19.8 Å². The van der Waals surface area contributed by atoms with Gasteiger partial charge in [0.15, 0.2) is 11.5 Å². The van der Waals surface area contributed by atoms with Crippen LogP contribution in [0.4, 0.5) is 24.9 Å². The Bertz CT molecular complexity index is 1370. The second-order valence-electron chi connectivity index (χ2n) is 9.25. The third kappa shape index (κ3) is 4.65.